The van der Waals surface area contributed by atoms with Crippen LogP contribution in [0.1, 0.15) is 64.7 Å². The molecule has 1 atom stereocenters. The highest BCUT2D eigenvalue weighted by atomic mass is 16.5. The number of nitrogens with one attached hydrogen (secondary N) is 1. The molecule has 0 aliphatic heterocycles. The quantitative estimate of drug-likeness (QED) is 0.924. The van der Waals surface area contributed by atoms with Gasteiger partial charge in [0.2, 0.25) is 0 Å². The van der Waals surface area contributed by atoms with Gasteiger partial charge in [0.15, 0.2) is 5.69 Å². The second-order valence-electron chi connectivity index (χ2n) is 6.26. The van der Waals surface area contributed by atoms with Crippen molar-refractivity contribution in [2.75, 3.05) is 0 Å². The van der Waals surface area contributed by atoms with Gasteiger partial charge in [-0.2, -0.15) is 0 Å². The van der Waals surface area contributed by atoms with E-state index >= 15 is 0 Å². The van der Waals surface area contributed by atoms with Crippen molar-refractivity contribution in [3.05, 3.63) is 52.4 Å². The van der Waals surface area contributed by atoms with Crippen LogP contribution in [0.25, 0.3) is 0 Å². The van der Waals surface area contributed by atoms with Crippen molar-refractivity contribution in [1.29, 1.82) is 0 Å². The molecule has 4 heteroatoms. The molecule has 4 nitrogen and oxygen atoms in total. The van der Waals surface area contributed by atoms with Gasteiger partial charge in [-0.3, -0.25) is 4.79 Å². The Morgan fingerprint density at radius 2 is 2.00 bits per heavy atom. The fraction of sp³-hybridized carbons (Fsp3) is 0.444. The van der Waals surface area contributed by atoms with Crippen molar-refractivity contribution in [2.24, 2.45) is 0 Å². The number of rotatable bonds is 2. The van der Waals surface area contributed by atoms with Gasteiger partial charge in [0.05, 0.1) is 6.04 Å². The van der Waals surface area contributed by atoms with Crippen LogP contribution in [0.5, 0.6) is 0 Å². The molecule has 2 aromatic rings. The summed E-state index contributed by atoms with van der Waals surface area (Å²) in [5.41, 5.74) is 4.12. The molecular weight excluding hydrogens is 276 g/mol. The molecule has 0 radical (unpaired) electrons. The smallest absolute Gasteiger partial charge is 0.274 e. The Kier molecular flexibility index (Phi) is 3.45. The molecule has 1 aromatic carbocycles. The molecule has 4 rings (SSSR count). The summed E-state index contributed by atoms with van der Waals surface area (Å²) in [6, 6.07) is 8.48. The molecule has 2 aliphatic rings. The van der Waals surface area contributed by atoms with Gasteiger partial charge in [0.25, 0.3) is 5.91 Å². The summed E-state index contributed by atoms with van der Waals surface area (Å²) in [4.78, 5) is 12.6. The number of aryl methyl sites for hydroxylation is 2. The van der Waals surface area contributed by atoms with E-state index in [1.165, 1.54) is 11.1 Å². The molecule has 1 heterocycles. The summed E-state index contributed by atoms with van der Waals surface area (Å²) in [6.45, 7) is 0. The number of benzene rings is 1. The minimum Gasteiger partial charge on any atom is -0.360 e. The predicted octanol–water partition coefficient (Wildman–Crippen LogP) is 3.36. The number of hydrogen-bond acceptors (Lipinski definition) is 3. The first-order valence-electron chi connectivity index (χ1n) is 8.19. The molecule has 0 fully saturated rings. The lowest BCUT2D eigenvalue weighted by Crippen LogP contribution is -2.31. The first kappa shape index (κ1) is 13.6. The first-order valence-corrected chi connectivity index (χ1v) is 8.19. The van der Waals surface area contributed by atoms with Crippen LogP contribution in [0.2, 0.25) is 0 Å². The maximum atomic E-state index is 12.6. The Balaban J connectivity index is 1.57. The second-order valence-corrected chi connectivity index (χ2v) is 6.26. The molecule has 2 aliphatic carbocycles. The molecule has 0 saturated carbocycles. The largest absolute Gasteiger partial charge is 0.360 e. The van der Waals surface area contributed by atoms with E-state index in [1.807, 2.05) is 6.07 Å². The van der Waals surface area contributed by atoms with E-state index in [0.29, 0.717) is 5.69 Å². The highest BCUT2D eigenvalue weighted by Gasteiger charge is 2.27. The van der Waals surface area contributed by atoms with E-state index in [2.05, 4.69) is 28.7 Å². The molecule has 0 bridgehead atoms. The number of amides is 1. The number of fused-ring (bicyclic) bond motifs is 2. The number of hydrogen-bond donors (Lipinski definition) is 1. The van der Waals surface area contributed by atoms with Gasteiger partial charge < -0.3 is 9.84 Å². The van der Waals surface area contributed by atoms with Crippen molar-refractivity contribution in [1.82, 2.24) is 10.5 Å². The van der Waals surface area contributed by atoms with Crippen LogP contribution in [0.4, 0.5) is 0 Å². The van der Waals surface area contributed by atoms with Crippen LogP contribution in [-0.2, 0) is 19.3 Å². The van der Waals surface area contributed by atoms with E-state index in [0.717, 1.165) is 56.3 Å². The zero-order valence-electron chi connectivity index (χ0n) is 12.6. The fourth-order valence-corrected chi connectivity index (χ4v) is 3.69. The number of carbonyl (C=O) groups is 1. The Labute approximate surface area is 129 Å². The average Bonchev–Trinajstić information content (AvgIpc) is 2.99. The van der Waals surface area contributed by atoms with E-state index in [9.17, 15) is 4.79 Å². The van der Waals surface area contributed by atoms with Gasteiger partial charge in [-0.1, -0.05) is 29.4 Å². The molecule has 1 amide bonds. The molecule has 22 heavy (non-hydrogen) atoms. The molecular formula is C18H20N2O2. The van der Waals surface area contributed by atoms with E-state index in [-0.39, 0.29) is 11.9 Å². The van der Waals surface area contributed by atoms with Crippen LogP contribution in [0.15, 0.2) is 28.8 Å². The summed E-state index contributed by atoms with van der Waals surface area (Å²) in [5, 5.41) is 7.20. The van der Waals surface area contributed by atoms with Crippen LogP contribution < -0.4 is 5.32 Å². The lowest BCUT2D eigenvalue weighted by molar-refractivity contribution is 0.0922. The molecule has 0 unspecified atom stereocenters. The van der Waals surface area contributed by atoms with Gasteiger partial charge in [0.1, 0.15) is 5.76 Å². The van der Waals surface area contributed by atoms with Gasteiger partial charge >= 0.3 is 0 Å². The Bertz CT molecular complexity index is 705. The van der Waals surface area contributed by atoms with Crippen LogP contribution in [0.3, 0.4) is 0 Å². The fourth-order valence-electron chi connectivity index (χ4n) is 3.69. The van der Waals surface area contributed by atoms with Crippen molar-refractivity contribution in [2.45, 2.75) is 51.0 Å². The third-order valence-electron chi connectivity index (χ3n) is 4.84. The monoisotopic (exact) mass is 296 g/mol. The molecule has 0 spiro atoms. The van der Waals surface area contributed by atoms with Gasteiger partial charge in [-0.15, -0.1) is 0 Å². The number of carbonyl (C=O) groups excluding carboxylic acids is 1. The average molecular weight is 296 g/mol. The van der Waals surface area contributed by atoms with E-state index in [4.69, 9.17) is 4.52 Å². The molecule has 0 saturated heterocycles. The first-order chi connectivity index (χ1) is 10.8. The normalized spacial score (nSPS) is 20.1. The van der Waals surface area contributed by atoms with Crippen molar-refractivity contribution in [3.63, 3.8) is 0 Å². The summed E-state index contributed by atoms with van der Waals surface area (Å²) in [7, 11) is 0. The van der Waals surface area contributed by atoms with E-state index in [1.54, 1.807) is 0 Å². The molecule has 1 aromatic heterocycles. The lowest BCUT2D eigenvalue weighted by Gasteiger charge is -2.26. The van der Waals surface area contributed by atoms with Crippen LogP contribution in [-0.4, -0.2) is 11.1 Å². The highest BCUT2D eigenvalue weighted by molar-refractivity contribution is 5.94. The topological polar surface area (TPSA) is 55.1 Å². The highest BCUT2D eigenvalue weighted by Crippen LogP contribution is 2.30. The predicted molar refractivity (Wildman–Crippen MR) is 82.7 cm³/mol. The molecule has 114 valence electrons. The Morgan fingerprint density at radius 3 is 2.95 bits per heavy atom. The van der Waals surface area contributed by atoms with Crippen molar-refractivity contribution in [3.8, 4) is 0 Å². The van der Waals surface area contributed by atoms with Gasteiger partial charge in [-0.05, 0) is 49.7 Å². The SMILES string of the molecule is O=C(N[C@@H]1CCCc2ccccc21)c1noc2c1CCCC2. The molecule has 1 N–H and O–H groups in total. The second kappa shape index (κ2) is 5.59. The standard InChI is InChI=1S/C18H20N2O2/c21-18(17-14-9-3-4-11-16(14)22-20-17)19-15-10-5-7-12-6-1-2-8-13(12)15/h1-2,6,8,15H,3-5,7,9-11H2,(H,19,21)/t15-/m1/s1. The third kappa shape index (κ3) is 2.32. The minimum atomic E-state index is -0.0893. The van der Waals surface area contributed by atoms with Crippen molar-refractivity contribution < 1.29 is 9.32 Å². The van der Waals surface area contributed by atoms with Crippen molar-refractivity contribution >= 4 is 5.91 Å². The van der Waals surface area contributed by atoms with Crippen LogP contribution in [0, 0.1) is 0 Å². The van der Waals surface area contributed by atoms with Gasteiger partial charge in [-0.25, -0.2) is 0 Å². The zero-order valence-corrected chi connectivity index (χ0v) is 12.6. The Hall–Kier alpha value is -2.10. The van der Waals surface area contributed by atoms with E-state index < -0.39 is 0 Å². The summed E-state index contributed by atoms with van der Waals surface area (Å²) < 4.78 is 5.36. The summed E-state index contributed by atoms with van der Waals surface area (Å²) in [6.07, 6.45) is 7.24. The number of aromatic nitrogens is 1. The van der Waals surface area contributed by atoms with Gasteiger partial charge in [0, 0.05) is 12.0 Å². The minimum absolute atomic E-state index is 0.0893. The zero-order chi connectivity index (χ0) is 14.9. The third-order valence-corrected chi connectivity index (χ3v) is 4.84. The Morgan fingerprint density at radius 1 is 1.14 bits per heavy atom. The van der Waals surface area contributed by atoms with Crippen LogP contribution >= 0.6 is 0 Å². The lowest BCUT2D eigenvalue weighted by atomic mass is 9.87. The summed E-state index contributed by atoms with van der Waals surface area (Å²) in [5.74, 6) is 0.814. The number of nitrogens with zero attached hydrogens (tertiary/aromatic N) is 1. The maximum absolute atomic E-state index is 12.6. The summed E-state index contributed by atoms with van der Waals surface area (Å²) >= 11 is 0. The maximum Gasteiger partial charge on any atom is 0.274 e.